The van der Waals surface area contributed by atoms with Gasteiger partial charge in [-0.05, 0) is 6.07 Å². The van der Waals surface area contributed by atoms with Crippen LogP contribution in [0.3, 0.4) is 0 Å². The van der Waals surface area contributed by atoms with Gasteiger partial charge in [0, 0.05) is 13.7 Å². The molecule has 4 nitrogen and oxygen atoms in total. The van der Waals surface area contributed by atoms with Crippen LogP contribution < -0.4 is 20.3 Å². The van der Waals surface area contributed by atoms with Gasteiger partial charge in [-0.25, -0.2) is 0 Å². The van der Waals surface area contributed by atoms with Crippen LogP contribution in [0.2, 0.25) is 6.82 Å². The highest BCUT2D eigenvalue weighted by molar-refractivity contribution is 6.54. The zero-order valence-corrected chi connectivity index (χ0v) is 10.9. The molecule has 0 aliphatic rings. The van der Waals surface area contributed by atoms with Crippen LogP contribution in [0.4, 0.5) is 5.69 Å². The fraction of sp³-hybridized carbons (Fsp3) is 0.500. The van der Waals surface area contributed by atoms with Crippen LogP contribution in [-0.4, -0.2) is 41.8 Å². The second-order valence-corrected chi connectivity index (χ2v) is 3.47. The van der Waals surface area contributed by atoms with E-state index in [1.54, 1.807) is 21.3 Å². The maximum absolute atomic E-state index is 5.39. The van der Waals surface area contributed by atoms with Crippen molar-refractivity contribution in [2.24, 2.45) is 0 Å². The standard InChI is InChI=1S/C12H19BNO3/c1-13-9-5-6-10(16-3)12(17-4)11(9)14-7-8-15-2/h5-6,14H,7-8H2,1-4H3. The van der Waals surface area contributed by atoms with Crippen molar-refractivity contribution >= 4 is 18.4 Å². The van der Waals surface area contributed by atoms with Gasteiger partial charge in [0.25, 0.3) is 0 Å². The highest BCUT2D eigenvalue weighted by Gasteiger charge is 2.13. The van der Waals surface area contributed by atoms with Crippen molar-refractivity contribution in [1.82, 2.24) is 0 Å². The second-order valence-electron chi connectivity index (χ2n) is 3.47. The molecule has 0 saturated heterocycles. The molecule has 93 valence electrons. The minimum atomic E-state index is 0.642. The number of benzene rings is 1. The summed E-state index contributed by atoms with van der Waals surface area (Å²) in [5, 5.41) is 3.30. The van der Waals surface area contributed by atoms with Crippen LogP contribution in [-0.2, 0) is 4.74 Å². The third kappa shape index (κ3) is 3.30. The zero-order valence-electron chi connectivity index (χ0n) is 10.9. The summed E-state index contributed by atoms with van der Waals surface area (Å²) in [6.45, 7) is 3.35. The van der Waals surface area contributed by atoms with E-state index >= 15 is 0 Å². The Morgan fingerprint density at radius 2 is 1.94 bits per heavy atom. The molecule has 0 heterocycles. The van der Waals surface area contributed by atoms with E-state index in [9.17, 15) is 0 Å². The molecule has 0 saturated carbocycles. The van der Waals surface area contributed by atoms with Gasteiger partial charge >= 0.3 is 0 Å². The van der Waals surface area contributed by atoms with Crippen LogP contribution >= 0.6 is 0 Å². The molecule has 0 aromatic heterocycles. The second kappa shape index (κ2) is 7.07. The Bertz CT molecular complexity index is 358. The first-order chi connectivity index (χ1) is 8.28. The minimum absolute atomic E-state index is 0.642. The molecule has 0 aliphatic heterocycles. The maximum atomic E-state index is 5.39. The fourth-order valence-corrected chi connectivity index (χ4v) is 1.64. The van der Waals surface area contributed by atoms with E-state index in [4.69, 9.17) is 14.2 Å². The first kappa shape index (κ1) is 13.7. The first-order valence-corrected chi connectivity index (χ1v) is 5.55. The maximum Gasteiger partial charge on any atom is 0.183 e. The van der Waals surface area contributed by atoms with Crippen molar-refractivity contribution in [2.75, 3.05) is 39.8 Å². The molecule has 0 atom stereocenters. The van der Waals surface area contributed by atoms with E-state index in [1.807, 2.05) is 26.2 Å². The average molecular weight is 236 g/mol. The molecule has 1 aromatic rings. The molecule has 1 rings (SSSR count). The molecule has 1 aromatic carbocycles. The normalized spacial score (nSPS) is 9.88. The summed E-state index contributed by atoms with van der Waals surface area (Å²) in [5.74, 6) is 1.44. The van der Waals surface area contributed by atoms with E-state index in [-0.39, 0.29) is 0 Å². The van der Waals surface area contributed by atoms with Crippen molar-refractivity contribution < 1.29 is 14.2 Å². The smallest absolute Gasteiger partial charge is 0.183 e. The van der Waals surface area contributed by atoms with Gasteiger partial charge in [-0.15, -0.1) is 0 Å². The van der Waals surface area contributed by atoms with Gasteiger partial charge in [0.05, 0.1) is 26.5 Å². The lowest BCUT2D eigenvalue weighted by atomic mass is 9.72. The molecule has 0 aliphatic carbocycles. The van der Waals surface area contributed by atoms with Crippen molar-refractivity contribution in [2.45, 2.75) is 6.82 Å². The molecule has 1 radical (unpaired) electrons. The lowest BCUT2D eigenvalue weighted by Gasteiger charge is -2.17. The summed E-state index contributed by atoms with van der Waals surface area (Å²) in [7, 11) is 6.97. The number of rotatable bonds is 7. The van der Waals surface area contributed by atoms with Crippen LogP contribution in [0.1, 0.15) is 0 Å². The Kier molecular flexibility index (Phi) is 5.70. The van der Waals surface area contributed by atoms with Crippen molar-refractivity contribution in [3.63, 3.8) is 0 Å². The van der Waals surface area contributed by atoms with Gasteiger partial charge in [0.1, 0.15) is 0 Å². The molecule has 17 heavy (non-hydrogen) atoms. The Labute approximate surface area is 103 Å². The molecular formula is C12H19BNO3. The summed E-state index contributed by atoms with van der Waals surface area (Å²) in [6, 6.07) is 3.89. The summed E-state index contributed by atoms with van der Waals surface area (Å²) in [4.78, 5) is 0. The predicted molar refractivity (Wildman–Crippen MR) is 71.2 cm³/mol. The minimum Gasteiger partial charge on any atom is -0.493 e. The van der Waals surface area contributed by atoms with Crippen molar-refractivity contribution in [3.8, 4) is 11.5 Å². The average Bonchev–Trinajstić information content (AvgIpc) is 2.38. The first-order valence-electron chi connectivity index (χ1n) is 5.55. The highest BCUT2D eigenvalue weighted by Crippen LogP contribution is 2.33. The lowest BCUT2D eigenvalue weighted by Crippen LogP contribution is -2.21. The number of nitrogens with one attached hydrogen (secondary N) is 1. The topological polar surface area (TPSA) is 39.7 Å². The third-order valence-corrected chi connectivity index (χ3v) is 2.50. The van der Waals surface area contributed by atoms with Crippen LogP contribution in [0.5, 0.6) is 11.5 Å². The summed E-state index contributed by atoms with van der Waals surface area (Å²) >= 11 is 0. The SMILES string of the molecule is C[B]c1ccc(OC)c(OC)c1NCCOC. The molecule has 0 fully saturated rings. The molecule has 1 N–H and O–H groups in total. The number of hydrogen-bond acceptors (Lipinski definition) is 4. The number of ether oxygens (including phenoxy) is 3. The van der Waals surface area contributed by atoms with Gasteiger partial charge < -0.3 is 19.5 Å². The molecule has 0 spiro atoms. The van der Waals surface area contributed by atoms with Crippen LogP contribution in [0.15, 0.2) is 12.1 Å². The Balaban J connectivity index is 3.02. The predicted octanol–water partition coefficient (Wildman–Crippen LogP) is 1.14. The molecule has 0 unspecified atom stereocenters. The van der Waals surface area contributed by atoms with Gasteiger partial charge in [-0.3, -0.25) is 0 Å². The Morgan fingerprint density at radius 1 is 1.18 bits per heavy atom. The monoisotopic (exact) mass is 236 g/mol. The van der Waals surface area contributed by atoms with Gasteiger partial charge in [-0.1, -0.05) is 18.4 Å². The molecular weight excluding hydrogens is 217 g/mol. The zero-order chi connectivity index (χ0) is 12.7. The number of anilines is 1. The fourth-order valence-electron chi connectivity index (χ4n) is 1.64. The van der Waals surface area contributed by atoms with Gasteiger partial charge in [-0.2, -0.15) is 0 Å². The van der Waals surface area contributed by atoms with Crippen molar-refractivity contribution in [1.29, 1.82) is 0 Å². The summed E-state index contributed by atoms with van der Waals surface area (Å²) < 4.78 is 15.7. The highest BCUT2D eigenvalue weighted by atomic mass is 16.5. The van der Waals surface area contributed by atoms with Crippen molar-refractivity contribution in [3.05, 3.63) is 12.1 Å². The summed E-state index contributed by atoms with van der Waals surface area (Å²) in [5.41, 5.74) is 2.02. The number of hydrogen-bond donors (Lipinski definition) is 1. The Hall–Kier alpha value is -1.36. The van der Waals surface area contributed by atoms with E-state index in [2.05, 4.69) is 5.32 Å². The molecule has 0 amide bonds. The van der Waals surface area contributed by atoms with Gasteiger partial charge in [0.2, 0.25) is 0 Å². The van der Waals surface area contributed by atoms with E-state index < -0.39 is 0 Å². The molecule has 0 bridgehead atoms. The number of methoxy groups -OCH3 is 3. The third-order valence-electron chi connectivity index (χ3n) is 2.50. The van der Waals surface area contributed by atoms with Crippen LogP contribution in [0.25, 0.3) is 0 Å². The van der Waals surface area contributed by atoms with E-state index in [0.717, 1.165) is 29.2 Å². The largest absolute Gasteiger partial charge is 0.493 e. The summed E-state index contributed by atoms with van der Waals surface area (Å²) in [6.07, 6.45) is 0. The van der Waals surface area contributed by atoms with Gasteiger partial charge in [0.15, 0.2) is 18.8 Å². The van der Waals surface area contributed by atoms with Crippen LogP contribution in [0, 0.1) is 0 Å². The molecule has 5 heteroatoms. The van der Waals surface area contributed by atoms with E-state index in [0.29, 0.717) is 6.61 Å². The quantitative estimate of drug-likeness (QED) is 0.569. The Morgan fingerprint density at radius 3 is 2.47 bits per heavy atom. The van der Waals surface area contributed by atoms with E-state index in [1.165, 1.54) is 0 Å². The lowest BCUT2D eigenvalue weighted by molar-refractivity contribution is 0.210.